The van der Waals surface area contributed by atoms with Crippen LogP contribution in [0.1, 0.15) is 5.82 Å². The molecular weight excluding hydrogens is 278 g/mol. The number of para-hydroxylation sites is 2. The van der Waals surface area contributed by atoms with Crippen molar-refractivity contribution >= 4 is 28.8 Å². The number of aromatic nitrogens is 2. The maximum atomic E-state index is 5.61. The number of rotatable bonds is 4. The summed E-state index contributed by atoms with van der Waals surface area (Å²) in [5.74, 6) is 0.952. The average Bonchev–Trinajstić information content (AvgIpc) is 2.51. The number of nitrogens with one attached hydrogen (secondary N) is 1. The summed E-state index contributed by atoms with van der Waals surface area (Å²) in [7, 11) is 0. The van der Waals surface area contributed by atoms with E-state index in [9.17, 15) is 0 Å². The van der Waals surface area contributed by atoms with Gasteiger partial charge in [-0.3, -0.25) is 0 Å². The Hall–Kier alpha value is -2.20. The summed E-state index contributed by atoms with van der Waals surface area (Å²) in [4.78, 5) is 4.63. The van der Waals surface area contributed by atoms with Gasteiger partial charge >= 0.3 is 0 Å². The van der Waals surface area contributed by atoms with E-state index in [1.54, 1.807) is 0 Å². The van der Waals surface area contributed by atoms with Crippen LogP contribution in [0.5, 0.6) is 0 Å². The van der Waals surface area contributed by atoms with Gasteiger partial charge in [-0.2, -0.15) is 0 Å². The maximum absolute atomic E-state index is 5.61. The number of benzene rings is 2. The van der Waals surface area contributed by atoms with Crippen LogP contribution < -0.4 is 5.32 Å². The van der Waals surface area contributed by atoms with Crippen molar-refractivity contribution in [3.63, 3.8) is 0 Å². The fourth-order valence-corrected chi connectivity index (χ4v) is 2.81. The molecule has 106 valence electrons. The fraction of sp³-hybridized carbons (Fsp3) is 0.176. The second kappa shape index (κ2) is 6.06. The molecule has 0 unspecified atom stereocenters. The molecule has 0 spiro atoms. The summed E-state index contributed by atoms with van der Waals surface area (Å²) in [5.41, 5.74) is 2.09. The van der Waals surface area contributed by atoms with Crippen molar-refractivity contribution in [1.82, 2.24) is 9.55 Å². The van der Waals surface area contributed by atoms with Crippen molar-refractivity contribution in [2.45, 2.75) is 13.5 Å². The van der Waals surface area contributed by atoms with Crippen molar-refractivity contribution in [3.05, 3.63) is 65.1 Å². The number of aryl methyl sites for hydroxylation is 1. The molecule has 0 radical (unpaired) electrons. The van der Waals surface area contributed by atoms with Crippen LogP contribution in [-0.2, 0) is 6.54 Å². The van der Waals surface area contributed by atoms with Crippen LogP contribution in [0.2, 0.25) is 0 Å². The van der Waals surface area contributed by atoms with Gasteiger partial charge in [0, 0.05) is 24.2 Å². The zero-order valence-electron chi connectivity index (χ0n) is 11.9. The van der Waals surface area contributed by atoms with Gasteiger partial charge in [-0.05, 0) is 31.2 Å². The molecule has 0 amide bonds. The second-order valence-corrected chi connectivity index (χ2v) is 5.31. The van der Waals surface area contributed by atoms with Gasteiger partial charge in [0.15, 0.2) is 0 Å². The highest BCUT2D eigenvalue weighted by atomic mass is 32.1. The van der Waals surface area contributed by atoms with E-state index in [2.05, 4.69) is 27.0 Å². The zero-order valence-corrected chi connectivity index (χ0v) is 12.7. The Morgan fingerprint density at radius 3 is 2.57 bits per heavy atom. The second-order valence-electron chi connectivity index (χ2n) is 4.93. The lowest BCUT2D eigenvalue weighted by atomic mass is 10.2. The van der Waals surface area contributed by atoms with Crippen LogP contribution in [0, 0.1) is 11.6 Å². The predicted molar refractivity (Wildman–Crippen MR) is 90.2 cm³/mol. The fourth-order valence-electron chi connectivity index (χ4n) is 2.41. The maximum Gasteiger partial charge on any atom is 0.116 e. The van der Waals surface area contributed by atoms with Gasteiger partial charge < -0.3 is 9.88 Å². The molecule has 0 aliphatic heterocycles. The van der Waals surface area contributed by atoms with E-state index in [4.69, 9.17) is 12.2 Å². The van der Waals surface area contributed by atoms with Gasteiger partial charge in [0.05, 0.1) is 5.52 Å². The van der Waals surface area contributed by atoms with Crippen LogP contribution in [-0.4, -0.2) is 16.1 Å². The van der Waals surface area contributed by atoms with E-state index < -0.39 is 0 Å². The van der Waals surface area contributed by atoms with E-state index in [-0.39, 0.29) is 0 Å². The van der Waals surface area contributed by atoms with E-state index in [1.165, 1.54) is 0 Å². The Morgan fingerprint density at radius 1 is 1.05 bits per heavy atom. The number of hydrogen-bond acceptors (Lipinski definition) is 3. The molecule has 0 saturated heterocycles. The van der Waals surface area contributed by atoms with Crippen LogP contribution in [0.15, 0.2) is 54.6 Å². The molecule has 1 heterocycles. The lowest BCUT2D eigenvalue weighted by molar-refractivity contribution is 0.675. The van der Waals surface area contributed by atoms with E-state index >= 15 is 0 Å². The van der Waals surface area contributed by atoms with Crippen LogP contribution in [0.25, 0.3) is 10.9 Å². The highest BCUT2D eigenvalue weighted by Crippen LogP contribution is 2.15. The normalized spacial score (nSPS) is 10.7. The SMILES string of the molecule is Cc1nc2ccccc2c(=S)n1CCNc1ccccc1. The molecule has 3 aromatic rings. The first kappa shape index (κ1) is 13.8. The van der Waals surface area contributed by atoms with Crippen LogP contribution >= 0.6 is 12.2 Å². The molecule has 2 aromatic carbocycles. The smallest absolute Gasteiger partial charge is 0.116 e. The molecule has 4 heteroatoms. The quantitative estimate of drug-likeness (QED) is 0.732. The summed E-state index contributed by atoms with van der Waals surface area (Å²) in [6, 6.07) is 18.2. The number of hydrogen-bond donors (Lipinski definition) is 1. The van der Waals surface area contributed by atoms with Gasteiger partial charge in [-0.25, -0.2) is 4.98 Å². The summed E-state index contributed by atoms with van der Waals surface area (Å²) >= 11 is 5.61. The molecule has 0 aliphatic rings. The summed E-state index contributed by atoms with van der Waals surface area (Å²) in [6.07, 6.45) is 0. The van der Waals surface area contributed by atoms with Crippen molar-refractivity contribution < 1.29 is 0 Å². The highest BCUT2D eigenvalue weighted by molar-refractivity contribution is 7.71. The minimum Gasteiger partial charge on any atom is -0.383 e. The first-order chi connectivity index (χ1) is 10.3. The zero-order chi connectivity index (χ0) is 14.7. The monoisotopic (exact) mass is 295 g/mol. The predicted octanol–water partition coefficient (Wildman–Crippen LogP) is 4.19. The average molecular weight is 295 g/mol. The number of fused-ring (bicyclic) bond motifs is 1. The Kier molecular flexibility index (Phi) is 3.97. The molecular formula is C17H17N3S. The summed E-state index contributed by atoms with van der Waals surface area (Å²) in [6.45, 7) is 3.63. The molecule has 21 heavy (non-hydrogen) atoms. The molecule has 3 rings (SSSR count). The molecule has 1 N–H and O–H groups in total. The lowest BCUT2D eigenvalue weighted by Crippen LogP contribution is -2.15. The van der Waals surface area contributed by atoms with Gasteiger partial charge in [0.2, 0.25) is 0 Å². The van der Waals surface area contributed by atoms with E-state index in [0.29, 0.717) is 0 Å². The first-order valence-electron chi connectivity index (χ1n) is 7.01. The van der Waals surface area contributed by atoms with Gasteiger partial charge in [-0.1, -0.05) is 42.5 Å². The third kappa shape index (κ3) is 2.95. The third-order valence-electron chi connectivity index (χ3n) is 3.49. The van der Waals surface area contributed by atoms with Gasteiger partial charge in [0.1, 0.15) is 10.5 Å². The van der Waals surface area contributed by atoms with Gasteiger partial charge in [-0.15, -0.1) is 0 Å². The van der Waals surface area contributed by atoms with Gasteiger partial charge in [0.25, 0.3) is 0 Å². The topological polar surface area (TPSA) is 29.9 Å². The number of anilines is 1. The molecule has 3 nitrogen and oxygen atoms in total. The Labute approximate surface area is 129 Å². The Morgan fingerprint density at radius 2 is 1.76 bits per heavy atom. The van der Waals surface area contributed by atoms with Crippen molar-refractivity contribution in [1.29, 1.82) is 0 Å². The molecule has 0 aliphatic carbocycles. The molecule has 1 aromatic heterocycles. The van der Waals surface area contributed by atoms with Crippen LogP contribution in [0.3, 0.4) is 0 Å². The standard InChI is InChI=1S/C17H17N3S/c1-13-19-16-10-6-5-9-15(16)17(21)20(13)12-11-18-14-7-3-2-4-8-14/h2-10,18H,11-12H2,1H3. The minimum atomic E-state index is 0.803. The lowest BCUT2D eigenvalue weighted by Gasteiger charge is -2.13. The van der Waals surface area contributed by atoms with Crippen LogP contribution in [0.4, 0.5) is 5.69 Å². The Balaban J connectivity index is 1.82. The summed E-state index contributed by atoms with van der Waals surface area (Å²) < 4.78 is 2.95. The van der Waals surface area contributed by atoms with Crippen molar-refractivity contribution in [2.75, 3.05) is 11.9 Å². The highest BCUT2D eigenvalue weighted by Gasteiger charge is 2.04. The van der Waals surface area contributed by atoms with Crippen molar-refractivity contribution in [2.24, 2.45) is 0 Å². The molecule has 0 atom stereocenters. The largest absolute Gasteiger partial charge is 0.383 e. The number of nitrogens with zero attached hydrogens (tertiary/aromatic N) is 2. The summed E-state index contributed by atoms with van der Waals surface area (Å²) in [5, 5.41) is 4.44. The van der Waals surface area contributed by atoms with E-state index in [1.807, 2.05) is 49.4 Å². The third-order valence-corrected chi connectivity index (χ3v) is 3.93. The molecule has 0 fully saturated rings. The first-order valence-corrected chi connectivity index (χ1v) is 7.41. The molecule has 0 bridgehead atoms. The van der Waals surface area contributed by atoms with Crippen molar-refractivity contribution in [3.8, 4) is 0 Å². The minimum absolute atomic E-state index is 0.803. The Bertz CT molecular complexity index is 809. The van der Waals surface area contributed by atoms with E-state index in [0.717, 1.165) is 40.1 Å². The molecule has 0 saturated carbocycles.